The number of carbonyl (C=O) groups is 2. The second-order valence-electron chi connectivity index (χ2n) is 8.55. The number of hydrogen-bond acceptors (Lipinski definition) is 4. The molecule has 9 heteroatoms. The highest BCUT2D eigenvalue weighted by Crippen LogP contribution is 2.42. The first-order valence-corrected chi connectivity index (χ1v) is 10.7. The topological polar surface area (TPSA) is 82.9 Å². The summed E-state index contributed by atoms with van der Waals surface area (Å²) in [5.74, 6) is -1.96. The molecule has 0 spiro atoms. The predicted octanol–water partition coefficient (Wildman–Crippen LogP) is 2.86. The maximum Gasteiger partial charge on any atom is 0.296 e. The van der Waals surface area contributed by atoms with E-state index in [9.17, 15) is 23.9 Å². The molecule has 1 aromatic carbocycles. The Labute approximate surface area is 182 Å². The highest BCUT2D eigenvalue weighted by molar-refractivity contribution is 6.30. The molecular formula is C22H21ClFN3O4. The maximum atomic E-state index is 13.5. The molecule has 3 aliphatic rings. The van der Waals surface area contributed by atoms with Gasteiger partial charge in [-0.05, 0) is 50.3 Å². The molecule has 1 atom stereocenters. The van der Waals surface area contributed by atoms with E-state index < -0.39 is 28.7 Å². The summed E-state index contributed by atoms with van der Waals surface area (Å²) < 4.78 is 14.8. The van der Waals surface area contributed by atoms with Crippen molar-refractivity contribution in [3.63, 3.8) is 0 Å². The Hall–Kier alpha value is -2.87. The van der Waals surface area contributed by atoms with E-state index >= 15 is 0 Å². The van der Waals surface area contributed by atoms with Gasteiger partial charge in [0.05, 0.1) is 10.6 Å². The van der Waals surface area contributed by atoms with E-state index in [4.69, 9.17) is 11.6 Å². The maximum absolute atomic E-state index is 13.5. The third-order valence-corrected chi connectivity index (χ3v) is 7.03. The number of nitrogens with zero attached hydrogens (tertiary/aromatic N) is 3. The van der Waals surface area contributed by atoms with Crippen LogP contribution in [0, 0.1) is 5.82 Å². The van der Waals surface area contributed by atoms with Crippen LogP contribution in [0.15, 0.2) is 23.0 Å². The minimum absolute atomic E-state index is 0.0447. The molecule has 162 valence electrons. The number of carbonyl (C=O) groups excluding carboxylic acids is 2. The Morgan fingerprint density at radius 2 is 1.94 bits per heavy atom. The molecule has 1 N–H and O–H groups in total. The van der Waals surface area contributed by atoms with Gasteiger partial charge in [-0.15, -0.1) is 0 Å². The molecule has 2 amide bonds. The fourth-order valence-electron chi connectivity index (χ4n) is 5.17. The summed E-state index contributed by atoms with van der Waals surface area (Å²) in [6, 6.07) is 4.20. The van der Waals surface area contributed by atoms with Crippen LogP contribution < -0.4 is 5.56 Å². The number of fused-ring (bicyclic) bond motifs is 5. The number of benzene rings is 1. The lowest BCUT2D eigenvalue weighted by Crippen LogP contribution is -2.50. The number of pyridine rings is 1. The predicted molar refractivity (Wildman–Crippen MR) is 111 cm³/mol. The van der Waals surface area contributed by atoms with Gasteiger partial charge in [-0.3, -0.25) is 19.0 Å². The van der Waals surface area contributed by atoms with Gasteiger partial charge >= 0.3 is 0 Å². The van der Waals surface area contributed by atoms with Crippen LogP contribution in [0.3, 0.4) is 0 Å². The smallest absolute Gasteiger partial charge is 0.296 e. The van der Waals surface area contributed by atoms with Gasteiger partial charge in [0.2, 0.25) is 0 Å². The molecule has 1 unspecified atom stereocenters. The van der Waals surface area contributed by atoms with Crippen molar-refractivity contribution >= 4 is 23.4 Å². The number of amides is 2. The molecule has 31 heavy (non-hydrogen) atoms. The van der Waals surface area contributed by atoms with Gasteiger partial charge in [-0.2, -0.15) is 0 Å². The van der Waals surface area contributed by atoms with E-state index in [1.54, 1.807) is 4.90 Å². The van der Waals surface area contributed by atoms with E-state index in [0.29, 0.717) is 37.1 Å². The fraction of sp³-hybridized carbons (Fsp3) is 0.409. The molecule has 0 aliphatic carbocycles. The van der Waals surface area contributed by atoms with Crippen molar-refractivity contribution in [2.24, 2.45) is 0 Å². The van der Waals surface area contributed by atoms with Crippen LogP contribution in [-0.2, 0) is 18.6 Å². The Morgan fingerprint density at radius 3 is 2.68 bits per heavy atom. The van der Waals surface area contributed by atoms with E-state index in [0.717, 1.165) is 12.8 Å². The first-order valence-electron chi connectivity index (χ1n) is 10.3. The molecule has 7 nitrogen and oxygen atoms in total. The van der Waals surface area contributed by atoms with Crippen LogP contribution >= 0.6 is 11.6 Å². The molecule has 4 heterocycles. The lowest BCUT2D eigenvalue weighted by atomic mass is 9.95. The molecule has 1 aromatic heterocycles. The third-order valence-electron chi connectivity index (χ3n) is 6.74. The van der Waals surface area contributed by atoms with E-state index in [2.05, 4.69) is 0 Å². The minimum Gasteiger partial charge on any atom is -0.502 e. The SMILES string of the molecule is CC12CCCCN1C(=O)c1c3c(c(O)c(=O)n12)C(=O)N(Cc1ccc(F)c(Cl)c1)CC3. The lowest BCUT2D eigenvalue weighted by molar-refractivity contribution is 0.0233. The van der Waals surface area contributed by atoms with Crippen molar-refractivity contribution in [2.45, 2.75) is 44.8 Å². The monoisotopic (exact) mass is 445 g/mol. The summed E-state index contributed by atoms with van der Waals surface area (Å²) in [4.78, 5) is 42.8. The van der Waals surface area contributed by atoms with Crippen molar-refractivity contribution in [3.05, 3.63) is 61.8 Å². The Morgan fingerprint density at radius 1 is 1.16 bits per heavy atom. The quantitative estimate of drug-likeness (QED) is 0.770. The molecule has 5 rings (SSSR count). The first kappa shape index (κ1) is 20.1. The molecule has 0 bridgehead atoms. The van der Waals surface area contributed by atoms with Gasteiger partial charge in [0.25, 0.3) is 17.4 Å². The van der Waals surface area contributed by atoms with Crippen LogP contribution in [0.1, 0.15) is 58.2 Å². The van der Waals surface area contributed by atoms with Crippen molar-refractivity contribution in [2.75, 3.05) is 13.1 Å². The van der Waals surface area contributed by atoms with Crippen LogP contribution in [0.2, 0.25) is 5.02 Å². The molecular weight excluding hydrogens is 425 g/mol. The standard InChI is InChI=1S/C22H21ClFN3O4/c1-22-7-2-3-8-26(22)20(30)17-13-6-9-25(11-12-4-5-15(24)14(23)10-12)19(29)16(13)18(28)21(31)27(17)22/h4-5,10,28H,2-3,6-9,11H2,1H3. The summed E-state index contributed by atoms with van der Waals surface area (Å²) in [5, 5.41) is 10.7. The Kier molecular flexibility index (Phi) is 4.41. The summed E-state index contributed by atoms with van der Waals surface area (Å²) >= 11 is 5.84. The van der Waals surface area contributed by atoms with Gasteiger partial charge in [-0.1, -0.05) is 17.7 Å². The van der Waals surface area contributed by atoms with Gasteiger partial charge in [0, 0.05) is 25.2 Å². The van der Waals surface area contributed by atoms with Gasteiger partial charge in [0.15, 0.2) is 5.75 Å². The number of halogens is 2. The second kappa shape index (κ2) is 6.82. The van der Waals surface area contributed by atoms with E-state index in [-0.39, 0.29) is 28.7 Å². The number of hydrogen-bond donors (Lipinski definition) is 1. The average molecular weight is 446 g/mol. The van der Waals surface area contributed by atoms with Gasteiger partial charge in [-0.25, -0.2) is 4.39 Å². The summed E-state index contributed by atoms with van der Waals surface area (Å²) in [6.07, 6.45) is 2.67. The largest absolute Gasteiger partial charge is 0.502 e. The van der Waals surface area contributed by atoms with Crippen molar-refractivity contribution in [3.8, 4) is 5.75 Å². The number of aromatic nitrogens is 1. The van der Waals surface area contributed by atoms with Crippen molar-refractivity contribution in [1.82, 2.24) is 14.4 Å². The molecule has 1 fully saturated rings. The van der Waals surface area contributed by atoms with Crippen LogP contribution in [0.4, 0.5) is 4.39 Å². The average Bonchev–Trinajstić information content (AvgIpc) is 2.98. The highest BCUT2D eigenvalue weighted by atomic mass is 35.5. The highest BCUT2D eigenvalue weighted by Gasteiger charge is 2.51. The fourth-order valence-corrected chi connectivity index (χ4v) is 5.37. The molecule has 0 radical (unpaired) electrons. The second-order valence-corrected chi connectivity index (χ2v) is 8.95. The van der Waals surface area contributed by atoms with E-state index in [1.165, 1.54) is 27.7 Å². The summed E-state index contributed by atoms with van der Waals surface area (Å²) in [5.41, 5.74) is -0.363. The zero-order chi connectivity index (χ0) is 22.1. The molecule has 2 aromatic rings. The van der Waals surface area contributed by atoms with Crippen LogP contribution in [0.25, 0.3) is 0 Å². The zero-order valence-corrected chi connectivity index (χ0v) is 17.7. The minimum atomic E-state index is -0.820. The van der Waals surface area contributed by atoms with Gasteiger partial charge < -0.3 is 14.9 Å². The van der Waals surface area contributed by atoms with Gasteiger partial charge in [0.1, 0.15) is 17.2 Å². The Balaban J connectivity index is 1.59. The lowest BCUT2D eigenvalue weighted by Gasteiger charge is -2.40. The molecule has 3 aliphatic heterocycles. The van der Waals surface area contributed by atoms with Crippen molar-refractivity contribution < 1.29 is 19.1 Å². The molecule has 1 saturated heterocycles. The van der Waals surface area contributed by atoms with Crippen LogP contribution in [0.5, 0.6) is 5.75 Å². The van der Waals surface area contributed by atoms with E-state index in [1.807, 2.05) is 6.92 Å². The first-order chi connectivity index (χ1) is 14.7. The molecule has 0 saturated carbocycles. The van der Waals surface area contributed by atoms with Crippen molar-refractivity contribution in [1.29, 1.82) is 0 Å². The number of piperidine rings is 1. The summed E-state index contributed by atoms with van der Waals surface area (Å²) in [6.45, 7) is 2.82. The number of rotatable bonds is 2. The van der Waals surface area contributed by atoms with Crippen LogP contribution in [-0.4, -0.2) is 44.4 Å². The third kappa shape index (κ3) is 2.74. The number of aromatic hydroxyl groups is 1. The summed E-state index contributed by atoms with van der Waals surface area (Å²) in [7, 11) is 0. The Bertz CT molecular complexity index is 1210. The zero-order valence-electron chi connectivity index (χ0n) is 17.0. The normalized spacial score (nSPS) is 22.4.